The number of hydrogen-bond donors (Lipinski definition) is 1. The zero-order valence-electron chi connectivity index (χ0n) is 9.22. The summed E-state index contributed by atoms with van der Waals surface area (Å²) < 4.78 is 5.18. The number of nitrogens with zero attached hydrogens (tertiary/aromatic N) is 1. The molecule has 16 heavy (non-hydrogen) atoms. The number of benzene rings is 1. The largest absolute Gasteiger partial charge is 0.394 e. The molecule has 1 saturated heterocycles. The second-order valence-corrected chi connectivity index (χ2v) is 3.96. The number of carbonyl (C=O) groups is 1. The van der Waals surface area contributed by atoms with Gasteiger partial charge in [-0.05, 0) is 24.6 Å². The van der Waals surface area contributed by atoms with Crippen LogP contribution in [0.25, 0.3) is 0 Å². The monoisotopic (exact) mass is 221 g/mol. The van der Waals surface area contributed by atoms with Gasteiger partial charge in [0.2, 0.25) is 0 Å². The van der Waals surface area contributed by atoms with Gasteiger partial charge in [0.25, 0.3) is 5.91 Å². The zero-order valence-corrected chi connectivity index (χ0v) is 9.22. The number of anilines is 1. The van der Waals surface area contributed by atoms with Gasteiger partial charge >= 0.3 is 0 Å². The van der Waals surface area contributed by atoms with Crippen molar-refractivity contribution in [1.29, 1.82) is 0 Å². The Hall–Kier alpha value is -1.39. The molecule has 1 aliphatic heterocycles. The fourth-order valence-corrected chi connectivity index (χ4v) is 1.78. The first kappa shape index (κ1) is 11.1. The van der Waals surface area contributed by atoms with Gasteiger partial charge in [-0.25, -0.2) is 0 Å². The number of aliphatic hydroxyl groups is 1. The molecule has 4 heteroatoms. The van der Waals surface area contributed by atoms with Crippen LogP contribution in [0.4, 0.5) is 5.69 Å². The Kier molecular flexibility index (Phi) is 3.22. The molecule has 0 bridgehead atoms. The van der Waals surface area contributed by atoms with E-state index in [-0.39, 0.29) is 25.2 Å². The Morgan fingerprint density at radius 1 is 1.56 bits per heavy atom. The highest BCUT2D eigenvalue weighted by Crippen LogP contribution is 2.19. The molecule has 0 spiro atoms. The van der Waals surface area contributed by atoms with E-state index in [4.69, 9.17) is 9.84 Å². The van der Waals surface area contributed by atoms with Crippen LogP contribution in [-0.4, -0.2) is 36.9 Å². The maximum absolute atomic E-state index is 11.7. The predicted octanol–water partition coefficient (Wildman–Crippen LogP) is 0.719. The molecule has 1 fully saturated rings. The number of aryl methyl sites for hydroxylation is 1. The minimum Gasteiger partial charge on any atom is -0.394 e. The third kappa shape index (κ3) is 2.23. The molecular formula is C12H15NO3. The van der Waals surface area contributed by atoms with E-state index in [1.807, 2.05) is 31.2 Å². The van der Waals surface area contributed by atoms with Crippen LogP contribution >= 0.6 is 0 Å². The first-order valence-electron chi connectivity index (χ1n) is 5.30. The Balaban J connectivity index is 2.21. The molecule has 4 nitrogen and oxygen atoms in total. The highest BCUT2D eigenvalue weighted by molar-refractivity contribution is 5.95. The lowest BCUT2D eigenvalue weighted by molar-refractivity contribution is -0.130. The molecule has 0 aliphatic carbocycles. The molecule has 0 radical (unpaired) electrons. The van der Waals surface area contributed by atoms with Crippen molar-refractivity contribution < 1.29 is 14.6 Å². The third-order valence-electron chi connectivity index (χ3n) is 2.65. The van der Waals surface area contributed by atoms with Crippen LogP contribution in [-0.2, 0) is 9.53 Å². The summed E-state index contributed by atoms with van der Waals surface area (Å²) in [4.78, 5) is 13.4. The second kappa shape index (κ2) is 4.63. The fourth-order valence-electron chi connectivity index (χ4n) is 1.78. The molecule has 1 unspecified atom stereocenters. The van der Waals surface area contributed by atoms with E-state index in [1.165, 1.54) is 0 Å². The van der Waals surface area contributed by atoms with Crippen molar-refractivity contribution in [2.75, 3.05) is 24.7 Å². The number of aliphatic hydroxyl groups excluding tert-OH is 1. The zero-order chi connectivity index (χ0) is 11.5. The van der Waals surface area contributed by atoms with Crippen LogP contribution in [0.15, 0.2) is 24.3 Å². The molecule has 1 atom stereocenters. The standard InChI is InChI=1S/C12H15NO3/c1-9-3-2-4-10(5-9)13-6-11(7-14)16-8-12(13)15/h2-5,11,14H,6-8H2,1H3. The molecule has 1 amide bonds. The molecule has 0 aromatic heterocycles. The van der Waals surface area contributed by atoms with Gasteiger partial charge in [0.15, 0.2) is 0 Å². The van der Waals surface area contributed by atoms with Gasteiger partial charge in [-0.15, -0.1) is 0 Å². The second-order valence-electron chi connectivity index (χ2n) is 3.96. The number of rotatable bonds is 2. The molecule has 2 rings (SSSR count). The molecule has 1 aromatic rings. The third-order valence-corrected chi connectivity index (χ3v) is 2.65. The first-order valence-corrected chi connectivity index (χ1v) is 5.30. The van der Waals surface area contributed by atoms with Crippen molar-refractivity contribution >= 4 is 11.6 Å². The summed E-state index contributed by atoms with van der Waals surface area (Å²) in [7, 11) is 0. The highest BCUT2D eigenvalue weighted by Gasteiger charge is 2.26. The van der Waals surface area contributed by atoms with Crippen LogP contribution in [0.3, 0.4) is 0 Å². The van der Waals surface area contributed by atoms with Crippen molar-refractivity contribution in [3.8, 4) is 0 Å². The van der Waals surface area contributed by atoms with Gasteiger partial charge in [-0.1, -0.05) is 12.1 Å². The lowest BCUT2D eigenvalue weighted by atomic mass is 10.2. The Morgan fingerprint density at radius 3 is 3.06 bits per heavy atom. The van der Waals surface area contributed by atoms with E-state index in [0.29, 0.717) is 6.54 Å². The lowest BCUT2D eigenvalue weighted by Gasteiger charge is -2.32. The minimum absolute atomic E-state index is 0.0408. The lowest BCUT2D eigenvalue weighted by Crippen LogP contribution is -2.48. The summed E-state index contributed by atoms with van der Waals surface area (Å²) in [5.41, 5.74) is 1.98. The highest BCUT2D eigenvalue weighted by atomic mass is 16.5. The summed E-state index contributed by atoms with van der Waals surface area (Å²) in [6.45, 7) is 2.38. The first-order chi connectivity index (χ1) is 7.70. The Labute approximate surface area is 94.4 Å². The van der Waals surface area contributed by atoms with Gasteiger partial charge < -0.3 is 14.7 Å². The summed E-state index contributed by atoms with van der Waals surface area (Å²) >= 11 is 0. The van der Waals surface area contributed by atoms with Gasteiger partial charge in [-0.3, -0.25) is 4.79 Å². The van der Waals surface area contributed by atoms with Crippen LogP contribution in [0.1, 0.15) is 5.56 Å². The normalized spacial score (nSPS) is 21.2. The summed E-state index contributed by atoms with van der Waals surface area (Å²) in [6.07, 6.45) is -0.279. The number of morpholine rings is 1. The predicted molar refractivity (Wildman–Crippen MR) is 60.4 cm³/mol. The summed E-state index contributed by atoms with van der Waals surface area (Å²) in [5.74, 6) is -0.0599. The van der Waals surface area contributed by atoms with Crippen LogP contribution < -0.4 is 4.90 Å². The van der Waals surface area contributed by atoms with Crippen molar-refractivity contribution in [2.45, 2.75) is 13.0 Å². The van der Waals surface area contributed by atoms with E-state index in [1.54, 1.807) is 4.90 Å². The molecule has 1 aromatic carbocycles. The Morgan fingerprint density at radius 2 is 2.38 bits per heavy atom. The van der Waals surface area contributed by atoms with Gasteiger partial charge in [0.05, 0.1) is 19.3 Å². The quantitative estimate of drug-likeness (QED) is 0.800. The molecular weight excluding hydrogens is 206 g/mol. The minimum atomic E-state index is -0.279. The number of carbonyl (C=O) groups excluding carboxylic acids is 1. The van der Waals surface area contributed by atoms with Gasteiger partial charge in [0, 0.05) is 5.69 Å². The topological polar surface area (TPSA) is 49.8 Å². The van der Waals surface area contributed by atoms with Crippen molar-refractivity contribution in [3.63, 3.8) is 0 Å². The number of hydrogen-bond acceptors (Lipinski definition) is 3. The summed E-state index contributed by atoms with van der Waals surface area (Å²) in [6, 6.07) is 7.75. The molecule has 1 heterocycles. The van der Waals surface area contributed by atoms with Gasteiger partial charge in [-0.2, -0.15) is 0 Å². The maximum atomic E-state index is 11.7. The van der Waals surface area contributed by atoms with Crippen LogP contribution in [0.5, 0.6) is 0 Å². The van der Waals surface area contributed by atoms with Gasteiger partial charge in [0.1, 0.15) is 6.61 Å². The van der Waals surface area contributed by atoms with Crippen LogP contribution in [0, 0.1) is 6.92 Å². The number of amides is 1. The molecule has 86 valence electrons. The van der Waals surface area contributed by atoms with E-state index >= 15 is 0 Å². The van der Waals surface area contributed by atoms with E-state index in [2.05, 4.69) is 0 Å². The average molecular weight is 221 g/mol. The van der Waals surface area contributed by atoms with E-state index in [9.17, 15) is 4.79 Å². The van der Waals surface area contributed by atoms with E-state index < -0.39 is 0 Å². The molecule has 1 N–H and O–H groups in total. The SMILES string of the molecule is Cc1cccc(N2CC(CO)OCC2=O)c1. The average Bonchev–Trinajstić information content (AvgIpc) is 2.30. The van der Waals surface area contributed by atoms with E-state index in [0.717, 1.165) is 11.3 Å². The Bertz CT molecular complexity index is 392. The summed E-state index contributed by atoms with van der Waals surface area (Å²) in [5, 5.41) is 9.03. The molecule has 0 saturated carbocycles. The van der Waals surface area contributed by atoms with Crippen molar-refractivity contribution in [3.05, 3.63) is 29.8 Å². The van der Waals surface area contributed by atoms with Crippen molar-refractivity contribution in [2.24, 2.45) is 0 Å². The maximum Gasteiger partial charge on any atom is 0.253 e. The smallest absolute Gasteiger partial charge is 0.253 e. The fraction of sp³-hybridized carbons (Fsp3) is 0.417. The molecule has 1 aliphatic rings. The van der Waals surface area contributed by atoms with Crippen molar-refractivity contribution in [1.82, 2.24) is 0 Å². The number of ether oxygens (including phenoxy) is 1. The van der Waals surface area contributed by atoms with Crippen LogP contribution in [0.2, 0.25) is 0 Å².